The number of rotatable bonds is 3. The van der Waals surface area contributed by atoms with Gasteiger partial charge < -0.3 is 14.6 Å². The second kappa shape index (κ2) is 4.10. The largest absolute Gasteiger partial charge is 0.467 e. The van der Waals surface area contributed by atoms with E-state index in [1.807, 2.05) is 0 Å². The lowest BCUT2D eigenvalue weighted by Crippen LogP contribution is -2.39. The molecule has 1 heterocycles. The molecule has 2 rings (SSSR count). The highest BCUT2D eigenvalue weighted by molar-refractivity contribution is 5.76. The van der Waals surface area contributed by atoms with Crippen molar-refractivity contribution < 1.29 is 19.4 Å². The Morgan fingerprint density at radius 1 is 1.47 bits per heavy atom. The normalized spacial score (nSPS) is 27.1. The van der Waals surface area contributed by atoms with Crippen LogP contribution in [0.25, 0.3) is 0 Å². The van der Waals surface area contributed by atoms with Gasteiger partial charge in [0.25, 0.3) is 0 Å². The molecule has 0 aromatic heterocycles. The molecule has 0 spiro atoms. The first-order valence-corrected chi connectivity index (χ1v) is 5.54. The molecule has 0 amide bonds. The summed E-state index contributed by atoms with van der Waals surface area (Å²) in [4.78, 5) is 11.3. The van der Waals surface area contributed by atoms with E-state index in [0.717, 1.165) is 38.9 Å². The number of methoxy groups -OCH3 is 1. The average molecular weight is 214 g/mol. The molecule has 2 aliphatic rings. The maximum atomic E-state index is 11.3. The fourth-order valence-corrected chi connectivity index (χ4v) is 2.67. The van der Waals surface area contributed by atoms with E-state index in [0.29, 0.717) is 5.92 Å². The van der Waals surface area contributed by atoms with Crippen LogP contribution >= 0.6 is 0 Å². The standard InChI is InChI=1S/C11H18O4/c1-14-10(13)9(12)11(4-5-11)8-2-6-15-7-3-8/h8-9,12H,2-7H2,1H3. The summed E-state index contributed by atoms with van der Waals surface area (Å²) >= 11 is 0. The molecule has 15 heavy (non-hydrogen) atoms. The molecule has 2 fully saturated rings. The molecular weight excluding hydrogens is 196 g/mol. The van der Waals surface area contributed by atoms with Crippen molar-refractivity contribution >= 4 is 5.97 Å². The van der Waals surface area contributed by atoms with Gasteiger partial charge in [0.2, 0.25) is 0 Å². The van der Waals surface area contributed by atoms with Gasteiger partial charge >= 0.3 is 5.97 Å². The van der Waals surface area contributed by atoms with E-state index < -0.39 is 12.1 Å². The predicted molar refractivity (Wildman–Crippen MR) is 53.2 cm³/mol. The molecule has 0 aromatic carbocycles. The first kappa shape index (κ1) is 10.9. The zero-order valence-electron chi connectivity index (χ0n) is 9.07. The number of aliphatic hydroxyl groups is 1. The minimum atomic E-state index is -0.939. The summed E-state index contributed by atoms with van der Waals surface area (Å²) in [7, 11) is 1.33. The fourth-order valence-electron chi connectivity index (χ4n) is 2.67. The highest BCUT2D eigenvalue weighted by Crippen LogP contribution is 2.57. The maximum Gasteiger partial charge on any atom is 0.335 e. The fraction of sp³-hybridized carbons (Fsp3) is 0.909. The predicted octanol–water partition coefficient (Wildman–Crippen LogP) is 0.727. The molecular formula is C11H18O4. The summed E-state index contributed by atoms with van der Waals surface area (Å²) in [5, 5.41) is 9.94. The first-order chi connectivity index (χ1) is 7.20. The average Bonchev–Trinajstić information content (AvgIpc) is 3.09. The molecule has 0 radical (unpaired) electrons. The second-order valence-electron chi connectivity index (χ2n) is 4.55. The van der Waals surface area contributed by atoms with Crippen LogP contribution in [0.4, 0.5) is 0 Å². The van der Waals surface area contributed by atoms with Crippen molar-refractivity contribution in [3.05, 3.63) is 0 Å². The molecule has 1 saturated heterocycles. The Bertz CT molecular complexity index is 241. The summed E-state index contributed by atoms with van der Waals surface area (Å²) in [5.41, 5.74) is -0.198. The first-order valence-electron chi connectivity index (χ1n) is 5.54. The van der Waals surface area contributed by atoms with Crippen LogP contribution in [0.2, 0.25) is 0 Å². The van der Waals surface area contributed by atoms with Crippen molar-refractivity contribution in [2.24, 2.45) is 11.3 Å². The molecule has 0 aromatic rings. The maximum absolute atomic E-state index is 11.3. The van der Waals surface area contributed by atoms with Gasteiger partial charge in [-0.05, 0) is 31.6 Å². The minimum Gasteiger partial charge on any atom is -0.467 e. The van der Waals surface area contributed by atoms with Crippen LogP contribution in [0.1, 0.15) is 25.7 Å². The molecule has 1 aliphatic heterocycles. The van der Waals surface area contributed by atoms with E-state index in [4.69, 9.17) is 4.74 Å². The Kier molecular flexibility index (Phi) is 2.98. The van der Waals surface area contributed by atoms with Crippen molar-refractivity contribution in [2.75, 3.05) is 20.3 Å². The SMILES string of the molecule is COC(=O)C(O)C1(C2CCOCC2)CC1. The van der Waals surface area contributed by atoms with Crippen molar-refractivity contribution in [1.29, 1.82) is 0 Å². The molecule has 1 unspecified atom stereocenters. The van der Waals surface area contributed by atoms with E-state index in [1.54, 1.807) is 0 Å². The third kappa shape index (κ3) is 1.88. The third-order valence-electron chi connectivity index (χ3n) is 3.83. The minimum absolute atomic E-state index is 0.198. The molecule has 1 atom stereocenters. The van der Waals surface area contributed by atoms with E-state index in [1.165, 1.54) is 7.11 Å². The van der Waals surface area contributed by atoms with E-state index in [9.17, 15) is 9.90 Å². The molecule has 86 valence electrons. The molecule has 4 heteroatoms. The van der Waals surface area contributed by atoms with Crippen molar-refractivity contribution in [3.63, 3.8) is 0 Å². The van der Waals surface area contributed by atoms with Crippen LogP contribution in [-0.2, 0) is 14.3 Å². The lowest BCUT2D eigenvalue weighted by Gasteiger charge is -2.32. The van der Waals surface area contributed by atoms with Gasteiger partial charge in [0, 0.05) is 18.6 Å². The number of hydrogen-bond donors (Lipinski definition) is 1. The van der Waals surface area contributed by atoms with Crippen LogP contribution in [0, 0.1) is 11.3 Å². The van der Waals surface area contributed by atoms with Gasteiger partial charge in [-0.3, -0.25) is 0 Å². The lowest BCUT2D eigenvalue weighted by molar-refractivity contribution is -0.157. The highest BCUT2D eigenvalue weighted by Gasteiger charge is 2.57. The lowest BCUT2D eigenvalue weighted by atomic mass is 9.79. The van der Waals surface area contributed by atoms with Gasteiger partial charge in [-0.25, -0.2) is 4.79 Å². The van der Waals surface area contributed by atoms with Crippen molar-refractivity contribution in [3.8, 4) is 0 Å². The Balaban J connectivity index is 2.02. The Hall–Kier alpha value is -0.610. The summed E-state index contributed by atoms with van der Waals surface area (Å²) in [5.74, 6) is -0.0701. The number of carbonyl (C=O) groups is 1. The molecule has 1 N–H and O–H groups in total. The van der Waals surface area contributed by atoms with Crippen molar-refractivity contribution in [1.82, 2.24) is 0 Å². The molecule has 4 nitrogen and oxygen atoms in total. The molecule has 1 aliphatic carbocycles. The van der Waals surface area contributed by atoms with Gasteiger partial charge in [0.15, 0.2) is 6.10 Å². The molecule has 1 saturated carbocycles. The zero-order chi connectivity index (χ0) is 10.9. The van der Waals surface area contributed by atoms with Crippen LogP contribution in [0.3, 0.4) is 0 Å². The number of aliphatic hydroxyl groups excluding tert-OH is 1. The van der Waals surface area contributed by atoms with E-state index in [-0.39, 0.29) is 5.41 Å². The van der Waals surface area contributed by atoms with Gasteiger partial charge in [0.05, 0.1) is 7.11 Å². The second-order valence-corrected chi connectivity index (χ2v) is 4.55. The highest BCUT2D eigenvalue weighted by atomic mass is 16.5. The van der Waals surface area contributed by atoms with Gasteiger partial charge in [-0.15, -0.1) is 0 Å². The summed E-state index contributed by atoms with van der Waals surface area (Å²) in [6, 6.07) is 0. The van der Waals surface area contributed by atoms with Gasteiger partial charge in [-0.2, -0.15) is 0 Å². The van der Waals surface area contributed by atoms with E-state index in [2.05, 4.69) is 4.74 Å². The topological polar surface area (TPSA) is 55.8 Å². The number of ether oxygens (including phenoxy) is 2. The smallest absolute Gasteiger partial charge is 0.335 e. The zero-order valence-corrected chi connectivity index (χ0v) is 9.07. The van der Waals surface area contributed by atoms with E-state index >= 15 is 0 Å². The number of carbonyl (C=O) groups excluding carboxylic acids is 1. The van der Waals surface area contributed by atoms with Crippen LogP contribution in [0.15, 0.2) is 0 Å². The Labute approximate surface area is 89.6 Å². The van der Waals surface area contributed by atoms with Crippen LogP contribution in [-0.4, -0.2) is 37.5 Å². The monoisotopic (exact) mass is 214 g/mol. The van der Waals surface area contributed by atoms with Gasteiger partial charge in [-0.1, -0.05) is 0 Å². The van der Waals surface area contributed by atoms with Crippen molar-refractivity contribution in [2.45, 2.75) is 31.8 Å². The molecule has 0 bridgehead atoms. The van der Waals surface area contributed by atoms with Crippen LogP contribution < -0.4 is 0 Å². The third-order valence-corrected chi connectivity index (χ3v) is 3.83. The number of esters is 1. The summed E-state index contributed by atoms with van der Waals surface area (Å²) < 4.78 is 9.90. The summed E-state index contributed by atoms with van der Waals surface area (Å²) in [6.45, 7) is 1.50. The quantitative estimate of drug-likeness (QED) is 0.704. The Morgan fingerprint density at radius 2 is 2.07 bits per heavy atom. The Morgan fingerprint density at radius 3 is 2.53 bits per heavy atom. The summed E-state index contributed by atoms with van der Waals surface area (Å²) in [6.07, 6.45) is 2.84. The van der Waals surface area contributed by atoms with Crippen LogP contribution in [0.5, 0.6) is 0 Å². The number of hydrogen-bond acceptors (Lipinski definition) is 4. The van der Waals surface area contributed by atoms with Gasteiger partial charge in [0.1, 0.15) is 0 Å².